The minimum absolute atomic E-state index is 0.00271. The van der Waals surface area contributed by atoms with Crippen LogP contribution in [0.3, 0.4) is 0 Å². The highest BCUT2D eigenvalue weighted by atomic mass is 32.1. The fourth-order valence-corrected chi connectivity index (χ4v) is 8.92. The van der Waals surface area contributed by atoms with Crippen molar-refractivity contribution < 1.29 is 23.9 Å². The monoisotopic (exact) mass is 641 g/mol. The minimum Gasteiger partial charge on any atom is -0.373 e. The smallest absolute Gasteiger partial charge is 0.265 e. The topological polar surface area (TPSA) is 112 Å². The number of carbonyl (C=O) groups excluding carboxylic acids is 4. The summed E-state index contributed by atoms with van der Waals surface area (Å²) in [5, 5.41) is 3.17. The molecule has 0 aromatic carbocycles. The van der Waals surface area contributed by atoms with Crippen molar-refractivity contribution in [2.75, 3.05) is 39.3 Å². The van der Waals surface area contributed by atoms with Gasteiger partial charge in [0.15, 0.2) is 0 Å². The summed E-state index contributed by atoms with van der Waals surface area (Å²) in [6, 6.07) is -0.810. The standard InChI is InChI=1S/C34H51N5O5S/c1-22(24-11-7-5-8-12-24)44-23(2)28(32(43)37-13-9-6-10-14-37)36-29(40)26-17-38(31(42)27-16-35-21-45-27)18-34(26)19-39(20-34)30(41)25-15-33(25,3)4/h16,21-26,28H,5-15,17-20H2,1-4H3,(H,36,40)/t22?,23-,25-,26+,28+/m1/s1. The molecule has 1 aromatic rings. The molecule has 0 radical (unpaired) electrons. The molecule has 2 aliphatic carbocycles. The molecule has 1 aromatic heterocycles. The highest BCUT2D eigenvalue weighted by molar-refractivity contribution is 7.11. The Kier molecular flexibility index (Phi) is 9.32. The first-order valence-electron chi connectivity index (χ1n) is 17.2. The van der Waals surface area contributed by atoms with Gasteiger partial charge in [0.05, 0.1) is 29.8 Å². The first-order valence-corrected chi connectivity index (χ1v) is 18.1. The van der Waals surface area contributed by atoms with Crippen LogP contribution in [0.25, 0.3) is 0 Å². The third-order valence-corrected chi connectivity index (χ3v) is 12.2. The fourth-order valence-electron chi connectivity index (χ4n) is 8.34. The molecule has 5 fully saturated rings. The summed E-state index contributed by atoms with van der Waals surface area (Å²) >= 11 is 1.29. The van der Waals surface area contributed by atoms with Gasteiger partial charge in [-0.1, -0.05) is 33.1 Å². The zero-order valence-corrected chi connectivity index (χ0v) is 28.3. The van der Waals surface area contributed by atoms with Gasteiger partial charge in [0.25, 0.3) is 5.91 Å². The highest BCUT2D eigenvalue weighted by Gasteiger charge is 2.62. The summed E-state index contributed by atoms with van der Waals surface area (Å²) in [7, 11) is 0. The van der Waals surface area contributed by atoms with E-state index < -0.39 is 23.5 Å². The van der Waals surface area contributed by atoms with Gasteiger partial charge < -0.3 is 24.8 Å². The summed E-state index contributed by atoms with van der Waals surface area (Å²) in [5.74, 6) is -0.364. The molecular weight excluding hydrogens is 590 g/mol. The van der Waals surface area contributed by atoms with Crippen molar-refractivity contribution in [1.82, 2.24) is 25.0 Å². The molecule has 4 heterocycles. The van der Waals surface area contributed by atoms with Crippen LogP contribution in [-0.2, 0) is 19.1 Å². The summed E-state index contributed by atoms with van der Waals surface area (Å²) in [5.41, 5.74) is 1.11. The van der Waals surface area contributed by atoms with Gasteiger partial charge in [-0.15, -0.1) is 11.3 Å². The largest absolute Gasteiger partial charge is 0.373 e. The number of carbonyl (C=O) groups is 4. The quantitative estimate of drug-likeness (QED) is 0.437. The van der Waals surface area contributed by atoms with Gasteiger partial charge >= 0.3 is 0 Å². The van der Waals surface area contributed by atoms with E-state index in [0.717, 1.165) is 38.5 Å². The van der Waals surface area contributed by atoms with Gasteiger partial charge in [-0.3, -0.25) is 24.2 Å². The van der Waals surface area contributed by atoms with Crippen molar-refractivity contribution in [3.05, 3.63) is 16.6 Å². The number of ether oxygens (including phenoxy) is 1. The number of nitrogens with one attached hydrogen (secondary N) is 1. The van der Waals surface area contributed by atoms with E-state index in [0.29, 0.717) is 43.5 Å². The molecular formula is C34H51N5O5S. The molecule has 5 atom stereocenters. The Bertz CT molecular complexity index is 1250. The Balaban J connectivity index is 1.20. The SMILES string of the molecule is CC(O[C@H](C)[C@H](NC(=O)[C@@H]1CN(C(=O)c2cncs2)CC12CN(C(=O)[C@H]1CC1(C)C)C2)C(=O)N1CCCCC1)C1CCCCC1. The second kappa shape index (κ2) is 12.9. The second-order valence-electron chi connectivity index (χ2n) is 15.2. The number of hydrogen-bond acceptors (Lipinski definition) is 7. The molecule has 4 amide bonds. The number of likely N-dealkylation sites (tertiary alicyclic amines) is 3. The molecule has 248 valence electrons. The highest BCUT2D eigenvalue weighted by Crippen LogP contribution is 2.54. The third kappa shape index (κ3) is 6.66. The maximum absolute atomic E-state index is 14.3. The fraction of sp³-hybridized carbons (Fsp3) is 0.794. The average Bonchev–Trinajstić information content (AvgIpc) is 3.39. The molecule has 3 saturated heterocycles. The molecule has 11 heteroatoms. The summed E-state index contributed by atoms with van der Waals surface area (Å²) < 4.78 is 6.54. The Morgan fingerprint density at radius 2 is 1.58 bits per heavy atom. The predicted octanol–water partition coefficient (Wildman–Crippen LogP) is 3.96. The Morgan fingerprint density at radius 3 is 2.20 bits per heavy atom. The lowest BCUT2D eigenvalue weighted by molar-refractivity contribution is -0.153. The van der Waals surface area contributed by atoms with Crippen molar-refractivity contribution in [2.24, 2.45) is 28.6 Å². The number of amides is 4. The van der Waals surface area contributed by atoms with Crippen molar-refractivity contribution in [3.8, 4) is 0 Å². The lowest BCUT2D eigenvalue weighted by Crippen LogP contribution is -2.65. The van der Waals surface area contributed by atoms with Gasteiger partial charge in [0.2, 0.25) is 17.7 Å². The third-order valence-electron chi connectivity index (χ3n) is 11.5. The number of aromatic nitrogens is 1. The van der Waals surface area contributed by atoms with E-state index in [1.54, 1.807) is 16.6 Å². The normalized spacial score (nSPS) is 27.9. The molecule has 45 heavy (non-hydrogen) atoms. The van der Waals surface area contributed by atoms with Crippen molar-refractivity contribution >= 4 is 35.0 Å². The first-order chi connectivity index (χ1) is 21.5. The Labute approximate surface area is 271 Å². The van der Waals surface area contributed by atoms with E-state index in [1.165, 1.54) is 30.6 Å². The number of rotatable bonds is 9. The van der Waals surface area contributed by atoms with Crippen LogP contribution in [0.2, 0.25) is 0 Å². The van der Waals surface area contributed by atoms with Crippen LogP contribution in [0, 0.1) is 28.6 Å². The number of nitrogens with zero attached hydrogens (tertiary/aromatic N) is 4. The zero-order valence-electron chi connectivity index (χ0n) is 27.5. The maximum Gasteiger partial charge on any atom is 0.265 e. The van der Waals surface area contributed by atoms with Crippen LogP contribution in [-0.4, -0.2) is 101 Å². The van der Waals surface area contributed by atoms with Crippen LogP contribution in [0.5, 0.6) is 0 Å². The van der Waals surface area contributed by atoms with Gasteiger partial charge in [-0.05, 0) is 63.7 Å². The number of hydrogen-bond donors (Lipinski definition) is 1. The molecule has 6 rings (SSSR count). The Hall–Kier alpha value is -2.53. The van der Waals surface area contributed by atoms with E-state index in [1.807, 2.05) is 16.7 Å². The lowest BCUT2D eigenvalue weighted by Gasteiger charge is -2.50. The van der Waals surface area contributed by atoms with Gasteiger partial charge in [-0.2, -0.15) is 0 Å². The van der Waals surface area contributed by atoms with Crippen LogP contribution in [0.1, 0.15) is 95.2 Å². The average molecular weight is 642 g/mol. The van der Waals surface area contributed by atoms with Crippen molar-refractivity contribution in [3.63, 3.8) is 0 Å². The first kappa shape index (κ1) is 32.4. The maximum atomic E-state index is 14.3. The lowest BCUT2D eigenvalue weighted by atomic mass is 9.70. The van der Waals surface area contributed by atoms with Crippen LogP contribution in [0.4, 0.5) is 0 Å². The molecule has 3 aliphatic heterocycles. The summed E-state index contributed by atoms with van der Waals surface area (Å²) in [6.45, 7) is 11.2. The van der Waals surface area contributed by atoms with Gasteiger partial charge in [0.1, 0.15) is 10.9 Å². The van der Waals surface area contributed by atoms with E-state index in [-0.39, 0.29) is 47.6 Å². The summed E-state index contributed by atoms with van der Waals surface area (Å²) in [4.78, 5) is 65.2. The molecule has 2 saturated carbocycles. The molecule has 1 N–H and O–H groups in total. The van der Waals surface area contributed by atoms with Crippen LogP contribution in [0.15, 0.2) is 11.7 Å². The number of piperidine rings is 1. The molecule has 0 bridgehead atoms. The van der Waals surface area contributed by atoms with Crippen molar-refractivity contribution in [2.45, 2.75) is 104 Å². The van der Waals surface area contributed by atoms with E-state index in [4.69, 9.17) is 4.74 Å². The van der Waals surface area contributed by atoms with Crippen LogP contribution >= 0.6 is 11.3 Å². The molecule has 1 unspecified atom stereocenters. The van der Waals surface area contributed by atoms with E-state index >= 15 is 0 Å². The molecule has 10 nitrogen and oxygen atoms in total. The second-order valence-corrected chi connectivity index (χ2v) is 16.1. The van der Waals surface area contributed by atoms with Crippen molar-refractivity contribution in [1.29, 1.82) is 0 Å². The predicted molar refractivity (Wildman–Crippen MR) is 171 cm³/mol. The van der Waals surface area contributed by atoms with E-state index in [2.05, 4.69) is 31.1 Å². The summed E-state index contributed by atoms with van der Waals surface area (Å²) in [6.07, 6.45) is 10.9. The zero-order chi connectivity index (χ0) is 31.9. The van der Waals surface area contributed by atoms with Gasteiger partial charge in [0, 0.05) is 50.6 Å². The number of thiazole rings is 1. The minimum atomic E-state index is -0.810. The molecule has 1 spiro atoms. The Morgan fingerprint density at radius 1 is 0.933 bits per heavy atom. The van der Waals surface area contributed by atoms with Crippen LogP contribution < -0.4 is 5.32 Å². The molecule has 5 aliphatic rings. The van der Waals surface area contributed by atoms with Gasteiger partial charge in [-0.25, -0.2) is 0 Å². The van der Waals surface area contributed by atoms with E-state index in [9.17, 15) is 19.2 Å².